The van der Waals surface area contributed by atoms with Gasteiger partial charge in [0, 0.05) is 61.5 Å². The number of aromatic nitrogens is 7. The second-order valence-electron chi connectivity index (χ2n) is 18.5. The van der Waals surface area contributed by atoms with E-state index in [1.807, 2.05) is 35.8 Å². The number of fused-ring (bicyclic) bond motifs is 1. The Balaban J connectivity index is 0.687. The van der Waals surface area contributed by atoms with E-state index in [1.54, 1.807) is 0 Å². The molecule has 1 saturated carbocycles. The molecule has 7 heterocycles. The first-order valence-electron chi connectivity index (χ1n) is 23.4. The minimum atomic E-state index is -0.704. The molecule has 1 aliphatic carbocycles. The molecule has 4 aromatic heterocycles. The number of carbonyl (C=O) groups excluding carboxylic acids is 3. The maximum absolute atomic E-state index is 15.2. The van der Waals surface area contributed by atoms with Gasteiger partial charge in [-0.1, -0.05) is 24.4 Å². The number of carbonyl (C=O) groups is 3. The summed E-state index contributed by atoms with van der Waals surface area (Å²) in [6.07, 6.45) is 16.4. The third-order valence-corrected chi connectivity index (χ3v) is 13.6. The highest BCUT2D eigenvalue weighted by molar-refractivity contribution is 6.02. The molecule has 4 N–H and O–H groups in total. The quantitative estimate of drug-likeness (QED) is 0.0654. The lowest BCUT2D eigenvalue weighted by Gasteiger charge is -2.32. The highest BCUT2D eigenvalue weighted by atomic mass is 19.1. The van der Waals surface area contributed by atoms with E-state index in [2.05, 4.69) is 30.7 Å². The summed E-state index contributed by atoms with van der Waals surface area (Å²) in [5.41, 5.74) is 10.2. The zero-order chi connectivity index (χ0) is 45.2. The summed E-state index contributed by atoms with van der Waals surface area (Å²) >= 11 is 0. The predicted molar refractivity (Wildman–Crippen MR) is 239 cm³/mol. The van der Waals surface area contributed by atoms with E-state index < -0.39 is 23.6 Å². The molecule has 1 aromatic carbocycles. The molecule has 3 amide bonds. The van der Waals surface area contributed by atoms with Crippen LogP contribution in [0.4, 0.5) is 20.3 Å². The van der Waals surface area contributed by atoms with Crippen molar-refractivity contribution in [3.05, 3.63) is 59.4 Å². The van der Waals surface area contributed by atoms with Gasteiger partial charge in [0.1, 0.15) is 41.2 Å². The smallest absolute Gasteiger partial charge is 0.249 e. The standard InChI is InChI=1S/C47H58F2N12O4/c1-27(2)61-46-40(44(50)53-26-54-46)41(57-61)42-39(43(65-58-42)30-9-10-30)45-51-24-31(25-52-45)28-15-20-60(21-16-28)37(63)8-6-4-3-5-7-17-59-18-13-29(14-19-59)38-33(48)22-32(23-34(38)49)55-35-11-12-36(62)56-47(35)64/h22-30,35,55H,3-21H2,1-2H3,(H2,50,53,54)(H,56,62,64). The number of likely N-dealkylation sites (tertiary alicyclic amines) is 2. The van der Waals surface area contributed by atoms with Gasteiger partial charge < -0.3 is 25.4 Å². The number of amides is 3. The largest absolute Gasteiger partial charge is 0.383 e. The van der Waals surface area contributed by atoms with Crippen molar-refractivity contribution in [2.45, 2.75) is 134 Å². The molecule has 3 aliphatic heterocycles. The molecule has 18 heteroatoms. The second-order valence-corrected chi connectivity index (χ2v) is 18.5. The Morgan fingerprint density at radius 2 is 1.55 bits per heavy atom. The van der Waals surface area contributed by atoms with Gasteiger partial charge in [-0.3, -0.25) is 19.7 Å². The number of nitrogens with one attached hydrogen (secondary N) is 2. The van der Waals surface area contributed by atoms with Gasteiger partial charge in [-0.25, -0.2) is 33.4 Å². The van der Waals surface area contributed by atoms with Crippen LogP contribution in [0.25, 0.3) is 33.8 Å². The Bertz CT molecular complexity index is 2500. The molecule has 16 nitrogen and oxygen atoms in total. The summed E-state index contributed by atoms with van der Waals surface area (Å²) in [6, 6.07) is 1.84. The molecular formula is C47H58F2N12O4. The number of nitrogen functional groups attached to an aromatic ring is 1. The first kappa shape index (κ1) is 44.3. The molecule has 344 valence electrons. The second kappa shape index (κ2) is 19.3. The number of nitrogens with zero attached hydrogens (tertiary/aromatic N) is 9. The van der Waals surface area contributed by atoms with Gasteiger partial charge in [-0.2, -0.15) is 5.10 Å². The fraction of sp³-hybridized carbons (Fsp3) is 0.553. The van der Waals surface area contributed by atoms with Crippen molar-refractivity contribution in [2.75, 3.05) is 43.8 Å². The summed E-state index contributed by atoms with van der Waals surface area (Å²) in [5.74, 6) is 0.108. The topological polar surface area (TPSA) is 203 Å². The molecule has 0 bridgehead atoms. The lowest BCUT2D eigenvalue weighted by atomic mass is 9.88. The normalized spacial score (nSPS) is 19.1. The zero-order valence-corrected chi connectivity index (χ0v) is 37.2. The number of rotatable bonds is 16. The number of imide groups is 1. The van der Waals surface area contributed by atoms with E-state index in [4.69, 9.17) is 25.3 Å². The monoisotopic (exact) mass is 892 g/mol. The van der Waals surface area contributed by atoms with Crippen LogP contribution >= 0.6 is 0 Å². The Morgan fingerprint density at radius 3 is 2.25 bits per heavy atom. The average molecular weight is 893 g/mol. The zero-order valence-electron chi connectivity index (χ0n) is 37.2. The molecular weight excluding hydrogens is 835 g/mol. The average Bonchev–Trinajstić information content (AvgIpc) is 3.92. The first-order chi connectivity index (χ1) is 31.5. The van der Waals surface area contributed by atoms with Crippen LogP contribution in [0.2, 0.25) is 0 Å². The SMILES string of the molecule is CC(C)n1nc(-c2noc(C3CC3)c2-c2ncc(C3CCN(C(=O)CCCCCCCN4CCC(c5c(F)cc(NC6CCC(=O)NC6=O)cc5F)CC4)CC3)cn2)c2c(N)ncnc21. The number of hydrogen-bond acceptors (Lipinski definition) is 13. The van der Waals surface area contributed by atoms with Crippen molar-refractivity contribution in [3.8, 4) is 22.8 Å². The van der Waals surface area contributed by atoms with Crippen molar-refractivity contribution >= 4 is 40.3 Å². The third-order valence-electron chi connectivity index (χ3n) is 13.6. The van der Waals surface area contributed by atoms with E-state index in [9.17, 15) is 14.4 Å². The minimum absolute atomic E-state index is 0.0337. The fourth-order valence-electron chi connectivity index (χ4n) is 9.80. The highest BCUT2D eigenvalue weighted by Gasteiger charge is 2.37. The van der Waals surface area contributed by atoms with Crippen LogP contribution in [0.3, 0.4) is 0 Å². The lowest BCUT2D eigenvalue weighted by molar-refractivity contribution is -0.134. The predicted octanol–water partition coefficient (Wildman–Crippen LogP) is 7.40. The molecule has 1 atom stereocenters. The summed E-state index contributed by atoms with van der Waals surface area (Å²) in [5, 5.41) is 15.1. The van der Waals surface area contributed by atoms with Gasteiger partial charge in [0.25, 0.3) is 0 Å². The number of hydrogen-bond donors (Lipinski definition) is 3. The van der Waals surface area contributed by atoms with Crippen LogP contribution in [0.5, 0.6) is 0 Å². The number of benzene rings is 1. The molecule has 0 spiro atoms. The summed E-state index contributed by atoms with van der Waals surface area (Å²) in [7, 11) is 0. The van der Waals surface area contributed by atoms with Crippen LogP contribution in [0, 0.1) is 11.6 Å². The van der Waals surface area contributed by atoms with E-state index >= 15 is 8.78 Å². The summed E-state index contributed by atoms with van der Waals surface area (Å²) < 4.78 is 38.1. The summed E-state index contributed by atoms with van der Waals surface area (Å²) in [4.78, 5) is 59.5. The van der Waals surface area contributed by atoms with E-state index in [-0.39, 0.29) is 59.7 Å². The first-order valence-corrected chi connectivity index (χ1v) is 23.4. The van der Waals surface area contributed by atoms with Crippen molar-refractivity contribution in [3.63, 3.8) is 0 Å². The maximum Gasteiger partial charge on any atom is 0.249 e. The third kappa shape index (κ3) is 9.72. The van der Waals surface area contributed by atoms with Crippen LogP contribution < -0.4 is 16.4 Å². The number of piperidine rings is 3. The van der Waals surface area contributed by atoms with Gasteiger partial charge in [-0.05, 0) is 121 Å². The minimum Gasteiger partial charge on any atom is -0.383 e. The van der Waals surface area contributed by atoms with Gasteiger partial charge >= 0.3 is 0 Å². The molecule has 4 fully saturated rings. The van der Waals surface area contributed by atoms with Crippen LogP contribution in [0.15, 0.2) is 35.4 Å². The Labute approximate surface area is 376 Å². The van der Waals surface area contributed by atoms with Crippen LogP contribution in [-0.4, -0.2) is 101 Å². The molecule has 9 rings (SSSR count). The van der Waals surface area contributed by atoms with Gasteiger partial charge in [-0.15, -0.1) is 0 Å². The Morgan fingerprint density at radius 1 is 0.862 bits per heavy atom. The van der Waals surface area contributed by atoms with Gasteiger partial charge in [0.15, 0.2) is 17.2 Å². The molecule has 0 radical (unpaired) electrons. The van der Waals surface area contributed by atoms with E-state index in [0.717, 1.165) is 94.3 Å². The number of unbranched alkanes of at least 4 members (excludes halogenated alkanes) is 4. The molecule has 1 unspecified atom stereocenters. The van der Waals surface area contributed by atoms with Crippen molar-refractivity contribution in [1.29, 1.82) is 0 Å². The Kier molecular flexibility index (Phi) is 13.1. The maximum atomic E-state index is 15.2. The number of halogens is 2. The van der Waals surface area contributed by atoms with Crippen LogP contribution in [-0.2, 0) is 14.4 Å². The van der Waals surface area contributed by atoms with Crippen molar-refractivity contribution < 1.29 is 27.7 Å². The number of nitrogens with two attached hydrogens (primary N) is 1. The lowest BCUT2D eigenvalue weighted by Crippen LogP contribution is -2.47. The molecule has 5 aromatic rings. The Hall–Kier alpha value is -5.91. The molecule has 3 saturated heterocycles. The van der Waals surface area contributed by atoms with E-state index in [0.29, 0.717) is 66.4 Å². The van der Waals surface area contributed by atoms with E-state index in [1.165, 1.54) is 18.5 Å². The van der Waals surface area contributed by atoms with Crippen LogP contribution in [0.1, 0.15) is 144 Å². The molecule has 65 heavy (non-hydrogen) atoms. The van der Waals surface area contributed by atoms with Crippen molar-refractivity contribution in [1.82, 2.24) is 50.0 Å². The number of anilines is 2. The van der Waals surface area contributed by atoms with Gasteiger partial charge in [0.05, 0.1) is 10.9 Å². The fourth-order valence-corrected chi connectivity index (χ4v) is 9.80. The molecule has 4 aliphatic rings. The van der Waals surface area contributed by atoms with Crippen molar-refractivity contribution in [2.24, 2.45) is 0 Å². The highest BCUT2D eigenvalue weighted by Crippen LogP contribution is 2.48. The summed E-state index contributed by atoms with van der Waals surface area (Å²) in [6.45, 7) is 8.01. The van der Waals surface area contributed by atoms with Gasteiger partial charge in [0.2, 0.25) is 17.7 Å².